The summed E-state index contributed by atoms with van der Waals surface area (Å²) in [4.78, 5) is 15.9. The summed E-state index contributed by atoms with van der Waals surface area (Å²) in [5, 5.41) is 0. The first-order valence-electron chi connectivity index (χ1n) is 10.5. The lowest BCUT2D eigenvalue weighted by atomic mass is 9.92. The van der Waals surface area contributed by atoms with E-state index >= 15 is 0 Å². The molecule has 0 aromatic rings. The number of methoxy groups -OCH3 is 1. The number of unbranched alkanes of at least 4 members (excludes halogenated alkanes) is 9. The molecule has 0 heterocycles. The normalized spacial score (nSPS) is 13.6. The summed E-state index contributed by atoms with van der Waals surface area (Å²) < 4.78 is 4.94. The minimum atomic E-state index is -0.815. The van der Waals surface area contributed by atoms with E-state index in [2.05, 4.69) is 11.8 Å². The van der Waals surface area contributed by atoms with Gasteiger partial charge in [-0.1, -0.05) is 88.7 Å². The summed E-state index contributed by atoms with van der Waals surface area (Å²) in [7, 11) is 1.39. The summed E-state index contributed by atoms with van der Waals surface area (Å²) in [6.07, 6.45) is 13.7. The van der Waals surface area contributed by atoms with E-state index in [0.29, 0.717) is 6.42 Å². The molecule has 0 aliphatic heterocycles. The predicted molar refractivity (Wildman–Crippen MR) is 130 cm³/mol. The molecule has 0 aliphatic carbocycles. The topological polar surface area (TPSA) is 30.7 Å². The Morgan fingerprint density at radius 2 is 1.50 bits per heavy atom. The van der Waals surface area contributed by atoms with Gasteiger partial charge in [0, 0.05) is 13.8 Å². The lowest BCUT2D eigenvalue weighted by Gasteiger charge is -2.28. The molecule has 0 amide bonds. The number of carbonyl (C=O) groups excluding carboxylic acids is 1. The highest BCUT2D eigenvalue weighted by Gasteiger charge is 2.44. The van der Waals surface area contributed by atoms with Crippen LogP contribution < -0.4 is 0 Å². The Balaban J connectivity index is 4.07. The first-order chi connectivity index (χ1) is 13.2. The van der Waals surface area contributed by atoms with E-state index in [1.54, 1.807) is 11.8 Å². The number of carbonyl (C=O) groups is 1. The van der Waals surface area contributed by atoms with Crippen molar-refractivity contribution in [1.29, 1.82) is 0 Å². The fourth-order valence-electron chi connectivity index (χ4n) is 3.19. The molecule has 6 heteroatoms. The maximum atomic E-state index is 12.3. The van der Waals surface area contributed by atoms with Crippen molar-refractivity contribution in [2.45, 2.75) is 109 Å². The molecule has 0 saturated heterocycles. The lowest BCUT2D eigenvalue weighted by Crippen LogP contribution is -2.39. The number of thioether (sulfide) groups is 2. The van der Waals surface area contributed by atoms with Gasteiger partial charge in [-0.2, -0.15) is 0 Å². The molecule has 0 aliphatic rings. The molecule has 28 heavy (non-hydrogen) atoms. The maximum Gasteiger partial charge on any atom is 0.322 e. The van der Waals surface area contributed by atoms with Crippen molar-refractivity contribution in [3.63, 3.8) is 0 Å². The zero-order valence-corrected chi connectivity index (χ0v) is 20.9. The Morgan fingerprint density at radius 3 is 1.96 bits per heavy atom. The van der Waals surface area contributed by atoms with Crippen LogP contribution in [0.4, 0.5) is 0 Å². The Hall–Kier alpha value is -0.250. The third-order valence-corrected chi connectivity index (χ3v) is 7.58. The molecule has 0 radical (unpaired) electrons. The second kappa shape index (κ2) is 15.6. The van der Waals surface area contributed by atoms with Crippen LogP contribution in [0, 0.1) is 6.57 Å². The van der Waals surface area contributed by atoms with Crippen molar-refractivity contribution in [1.82, 2.24) is 0 Å². The number of ether oxygens (including phenoxy) is 1. The zero-order valence-electron chi connectivity index (χ0n) is 18.5. The summed E-state index contributed by atoms with van der Waals surface area (Å²) in [5.41, 5.74) is -0.618. The highest BCUT2D eigenvalue weighted by atomic mass is 32.2. The van der Waals surface area contributed by atoms with Crippen LogP contribution in [0.5, 0.6) is 0 Å². The van der Waals surface area contributed by atoms with Gasteiger partial charge in [-0.05, 0) is 19.1 Å². The monoisotopic (exact) mass is 445 g/mol. The molecular formula is C22H39NO2S3. The van der Waals surface area contributed by atoms with E-state index in [1.807, 2.05) is 20.8 Å². The minimum absolute atomic E-state index is 0.309. The van der Waals surface area contributed by atoms with Crippen LogP contribution in [0.1, 0.15) is 98.3 Å². The van der Waals surface area contributed by atoms with Gasteiger partial charge >= 0.3 is 5.97 Å². The van der Waals surface area contributed by atoms with Gasteiger partial charge in [0.25, 0.3) is 0 Å². The maximum absolute atomic E-state index is 12.3. The molecule has 0 aromatic carbocycles. The number of hydrogen-bond acceptors (Lipinski definition) is 5. The Labute approximate surface area is 187 Å². The molecule has 1 atom stereocenters. The molecule has 0 aromatic heterocycles. The lowest BCUT2D eigenvalue weighted by molar-refractivity contribution is -0.143. The number of thiocarbonyl (C=S) groups is 1. The Morgan fingerprint density at radius 1 is 1.00 bits per heavy atom. The summed E-state index contributed by atoms with van der Waals surface area (Å²) in [6.45, 7) is 15.1. The first-order valence-corrected chi connectivity index (χ1v) is 12.7. The fraction of sp³-hybridized carbons (Fsp3) is 0.864. The van der Waals surface area contributed by atoms with Crippen molar-refractivity contribution in [3.8, 4) is 0 Å². The van der Waals surface area contributed by atoms with Gasteiger partial charge in [0.1, 0.15) is 8.28 Å². The van der Waals surface area contributed by atoms with Crippen LogP contribution in [0.2, 0.25) is 0 Å². The highest BCUT2D eigenvalue weighted by molar-refractivity contribution is 8.47. The standard InChI is InChI=1S/C22H39NO2S3/c1-7-8-9-10-11-12-13-14-15-16-17-27-20(26)28-22(4,19(24)25-6)18-21(2,3)23-5/h7-18H2,1-4,6H3. The van der Waals surface area contributed by atoms with Crippen molar-refractivity contribution < 1.29 is 9.53 Å². The summed E-state index contributed by atoms with van der Waals surface area (Å²) >= 11 is 8.54. The molecule has 0 rings (SSSR count). The van der Waals surface area contributed by atoms with E-state index in [4.69, 9.17) is 23.5 Å². The van der Waals surface area contributed by atoms with Crippen LogP contribution in [0.3, 0.4) is 0 Å². The Bertz CT molecular complexity index is 503. The molecule has 0 N–H and O–H groups in total. The number of rotatable bonds is 15. The average Bonchev–Trinajstić information content (AvgIpc) is 2.64. The fourth-order valence-corrected chi connectivity index (χ4v) is 6.50. The quantitative estimate of drug-likeness (QED) is 0.112. The number of esters is 1. The molecular weight excluding hydrogens is 406 g/mol. The van der Waals surface area contributed by atoms with E-state index in [0.717, 1.165) is 15.7 Å². The van der Waals surface area contributed by atoms with Crippen LogP contribution in [0.25, 0.3) is 4.85 Å². The SMILES string of the molecule is [C-]#[N+]C(C)(C)CC(C)(SC(=S)SCCCCCCCCCCCC)C(=O)OC. The van der Waals surface area contributed by atoms with Gasteiger partial charge in [-0.15, -0.1) is 11.8 Å². The second-order valence-electron chi connectivity index (χ2n) is 8.21. The highest BCUT2D eigenvalue weighted by Crippen LogP contribution is 2.39. The molecule has 3 nitrogen and oxygen atoms in total. The van der Waals surface area contributed by atoms with Gasteiger partial charge in [-0.25, -0.2) is 6.57 Å². The summed E-state index contributed by atoms with van der Waals surface area (Å²) in [6, 6.07) is 0. The smallest absolute Gasteiger partial charge is 0.322 e. The molecule has 1 unspecified atom stereocenters. The largest absolute Gasteiger partial charge is 0.468 e. The van der Waals surface area contributed by atoms with E-state index in [1.165, 1.54) is 76.7 Å². The van der Waals surface area contributed by atoms with E-state index in [9.17, 15) is 4.79 Å². The molecule has 0 spiro atoms. The zero-order chi connectivity index (χ0) is 21.5. The average molecular weight is 446 g/mol. The van der Waals surface area contributed by atoms with Gasteiger partial charge in [-0.3, -0.25) is 4.79 Å². The molecule has 0 bridgehead atoms. The first kappa shape index (κ1) is 27.8. The predicted octanol–water partition coefficient (Wildman–Crippen LogP) is 7.68. The second-order valence-corrected chi connectivity index (χ2v) is 12.0. The van der Waals surface area contributed by atoms with Crippen LogP contribution in [-0.2, 0) is 9.53 Å². The van der Waals surface area contributed by atoms with Gasteiger partial charge in [0.05, 0.1) is 13.5 Å². The van der Waals surface area contributed by atoms with Crippen molar-refractivity contribution in [3.05, 3.63) is 11.4 Å². The number of hydrogen-bond donors (Lipinski definition) is 0. The van der Waals surface area contributed by atoms with Gasteiger partial charge in [0.15, 0.2) is 0 Å². The van der Waals surface area contributed by atoms with Crippen molar-refractivity contribution >= 4 is 45.2 Å². The van der Waals surface area contributed by atoms with E-state index in [-0.39, 0.29) is 5.97 Å². The van der Waals surface area contributed by atoms with Crippen molar-refractivity contribution in [2.24, 2.45) is 0 Å². The van der Waals surface area contributed by atoms with Gasteiger partial charge in [0.2, 0.25) is 5.54 Å². The molecule has 162 valence electrons. The van der Waals surface area contributed by atoms with Crippen molar-refractivity contribution in [2.75, 3.05) is 12.9 Å². The number of nitrogens with zero attached hydrogens (tertiary/aromatic N) is 1. The molecule has 0 saturated carbocycles. The Kier molecular flexibility index (Phi) is 15.4. The van der Waals surface area contributed by atoms with E-state index < -0.39 is 10.3 Å². The minimum Gasteiger partial charge on any atom is -0.468 e. The molecule has 0 fully saturated rings. The summed E-state index contributed by atoms with van der Waals surface area (Å²) in [5.74, 6) is 0.683. The van der Waals surface area contributed by atoms with Gasteiger partial charge < -0.3 is 9.58 Å². The van der Waals surface area contributed by atoms with Crippen LogP contribution >= 0.6 is 35.7 Å². The third-order valence-electron chi connectivity index (χ3n) is 4.72. The van der Waals surface area contributed by atoms with Crippen LogP contribution in [0.15, 0.2) is 0 Å². The van der Waals surface area contributed by atoms with Crippen LogP contribution in [-0.4, -0.2) is 32.6 Å². The third kappa shape index (κ3) is 13.1.